The van der Waals surface area contributed by atoms with Gasteiger partial charge >= 0.3 is 0 Å². The minimum absolute atomic E-state index is 0.218. The predicted molar refractivity (Wildman–Crippen MR) is 84.4 cm³/mol. The number of hydrogen-bond acceptors (Lipinski definition) is 3. The third-order valence-corrected chi connectivity index (χ3v) is 5.80. The van der Waals surface area contributed by atoms with Crippen molar-refractivity contribution in [2.24, 2.45) is 5.92 Å². The van der Waals surface area contributed by atoms with Gasteiger partial charge in [-0.3, -0.25) is 0 Å². The second-order valence-corrected chi connectivity index (χ2v) is 8.04. The summed E-state index contributed by atoms with van der Waals surface area (Å²) in [5.41, 5.74) is 1.16. The summed E-state index contributed by atoms with van der Waals surface area (Å²) in [6.45, 7) is 6.34. The maximum absolute atomic E-state index is 5.94. The van der Waals surface area contributed by atoms with Crippen molar-refractivity contribution in [3.05, 3.63) is 38.0 Å². The maximum atomic E-state index is 5.94. The monoisotopic (exact) mass is 302 g/mol. The Hall–Kier alpha value is -0.290. The van der Waals surface area contributed by atoms with Crippen molar-refractivity contribution in [2.75, 3.05) is 6.54 Å². The van der Waals surface area contributed by atoms with E-state index in [4.69, 9.17) is 11.6 Å². The Morgan fingerprint density at radius 1 is 1.50 bits per heavy atom. The zero-order valence-electron chi connectivity index (χ0n) is 10.7. The third-order valence-electron chi connectivity index (χ3n) is 2.49. The third kappa shape index (κ3) is 4.43. The Morgan fingerprint density at radius 2 is 2.33 bits per heavy atom. The van der Waals surface area contributed by atoms with Crippen LogP contribution in [0.15, 0.2) is 27.3 Å². The van der Waals surface area contributed by atoms with Crippen LogP contribution in [-0.2, 0) is 12.3 Å². The molecule has 2 rings (SSSR count). The molecule has 2 heterocycles. The average Bonchev–Trinajstić information content (AvgIpc) is 2.89. The highest BCUT2D eigenvalue weighted by Crippen LogP contribution is 2.40. The second kappa shape index (κ2) is 6.75. The molecule has 18 heavy (non-hydrogen) atoms. The molecule has 0 bridgehead atoms. The average molecular weight is 303 g/mol. The molecule has 1 aliphatic heterocycles. The van der Waals surface area contributed by atoms with E-state index in [-0.39, 0.29) is 10.9 Å². The first-order valence-electron chi connectivity index (χ1n) is 6.09. The summed E-state index contributed by atoms with van der Waals surface area (Å²) < 4.78 is 0. The van der Waals surface area contributed by atoms with Crippen molar-refractivity contribution >= 4 is 33.8 Å². The molecule has 0 aromatic carbocycles. The van der Waals surface area contributed by atoms with E-state index in [0.717, 1.165) is 29.6 Å². The number of nitrogens with zero attached hydrogens (tertiary/aromatic N) is 1. The van der Waals surface area contributed by atoms with Gasteiger partial charge in [-0.15, -0.1) is 11.3 Å². The Labute approximate surface area is 121 Å². The molecular weight excluding hydrogens is 284 g/mol. The molecule has 0 saturated carbocycles. The van der Waals surface area contributed by atoms with E-state index in [9.17, 15) is 0 Å². The Morgan fingerprint density at radius 3 is 3.00 bits per heavy atom. The SMILES string of the molecule is CC(C)CNCc1csc(C[SH]2C=CC(Cl)=C2)n1. The van der Waals surface area contributed by atoms with E-state index < -0.39 is 0 Å². The standard InChI is InChI=1S/C13H19ClN2S2/c1-10(2)5-15-6-12-7-17-13(16-12)9-18-4-3-11(14)8-18/h3-4,7-8,10,15,18H,5-6,9H2,1-2H3. The fourth-order valence-electron chi connectivity index (χ4n) is 1.66. The topological polar surface area (TPSA) is 24.9 Å². The van der Waals surface area contributed by atoms with Gasteiger partial charge in [-0.25, -0.2) is 15.9 Å². The van der Waals surface area contributed by atoms with Crippen molar-refractivity contribution < 1.29 is 0 Å². The number of nitrogens with one attached hydrogen (secondary N) is 1. The number of rotatable bonds is 6. The number of allylic oxidation sites excluding steroid dienone is 2. The summed E-state index contributed by atoms with van der Waals surface area (Å²) in [6.07, 6.45) is 1.99. The lowest BCUT2D eigenvalue weighted by molar-refractivity contribution is 0.549. The lowest BCUT2D eigenvalue weighted by Crippen LogP contribution is -2.19. The van der Waals surface area contributed by atoms with Gasteiger partial charge in [0, 0.05) is 22.7 Å². The van der Waals surface area contributed by atoms with Crippen LogP contribution in [0.2, 0.25) is 0 Å². The molecule has 0 aliphatic carbocycles. The van der Waals surface area contributed by atoms with Crippen LogP contribution in [0.5, 0.6) is 0 Å². The van der Waals surface area contributed by atoms with E-state index in [2.05, 4.69) is 40.3 Å². The minimum Gasteiger partial charge on any atom is -0.311 e. The Kier molecular flexibility index (Phi) is 5.30. The van der Waals surface area contributed by atoms with Crippen molar-refractivity contribution in [3.63, 3.8) is 0 Å². The first kappa shape index (κ1) is 14.1. The molecule has 1 atom stereocenters. The molecule has 1 aromatic heterocycles. The van der Waals surface area contributed by atoms with Crippen LogP contribution in [0.4, 0.5) is 0 Å². The van der Waals surface area contributed by atoms with E-state index in [1.54, 1.807) is 11.3 Å². The van der Waals surface area contributed by atoms with Gasteiger partial charge in [-0.05, 0) is 29.4 Å². The molecule has 1 aromatic rings. The summed E-state index contributed by atoms with van der Waals surface area (Å²) >= 11 is 7.70. The summed E-state index contributed by atoms with van der Waals surface area (Å²) in [5, 5.41) is 12.0. The highest BCUT2D eigenvalue weighted by atomic mass is 35.5. The molecule has 5 heteroatoms. The van der Waals surface area contributed by atoms with Crippen LogP contribution in [0.3, 0.4) is 0 Å². The zero-order chi connectivity index (χ0) is 13.0. The Bertz CT molecular complexity index is 452. The van der Waals surface area contributed by atoms with Gasteiger partial charge in [0.2, 0.25) is 0 Å². The van der Waals surface area contributed by atoms with Gasteiger partial charge in [0.25, 0.3) is 0 Å². The highest BCUT2D eigenvalue weighted by Gasteiger charge is 2.08. The van der Waals surface area contributed by atoms with E-state index >= 15 is 0 Å². The lowest BCUT2D eigenvalue weighted by Gasteiger charge is -2.06. The van der Waals surface area contributed by atoms with Gasteiger partial charge in [-0.1, -0.05) is 25.4 Å². The number of aromatic nitrogens is 1. The van der Waals surface area contributed by atoms with Crippen molar-refractivity contribution in [1.82, 2.24) is 10.3 Å². The molecule has 0 spiro atoms. The highest BCUT2D eigenvalue weighted by molar-refractivity contribution is 8.21. The van der Waals surface area contributed by atoms with E-state index in [1.165, 1.54) is 5.01 Å². The number of thiol groups is 1. The molecular formula is C13H19ClN2S2. The van der Waals surface area contributed by atoms with Crippen molar-refractivity contribution in [1.29, 1.82) is 0 Å². The number of thiazole rings is 1. The lowest BCUT2D eigenvalue weighted by atomic mass is 10.2. The molecule has 1 N–H and O–H groups in total. The van der Waals surface area contributed by atoms with Gasteiger partial charge in [0.15, 0.2) is 0 Å². The fraction of sp³-hybridized carbons (Fsp3) is 0.462. The predicted octanol–water partition coefficient (Wildman–Crippen LogP) is 4.00. The largest absolute Gasteiger partial charge is 0.311 e. The molecule has 0 radical (unpaired) electrons. The van der Waals surface area contributed by atoms with E-state index in [0.29, 0.717) is 5.92 Å². The molecule has 1 unspecified atom stereocenters. The number of halogens is 1. The number of hydrogen-bond donors (Lipinski definition) is 2. The van der Waals surface area contributed by atoms with Gasteiger partial charge in [-0.2, -0.15) is 0 Å². The van der Waals surface area contributed by atoms with Crippen molar-refractivity contribution in [3.8, 4) is 0 Å². The van der Waals surface area contributed by atoms with Crippen molar-refractivity contribution in [2.45, 2.75) is 26.1 Å². The molecule has 0 fully saturated rings. The fourth-order valence-corrected chi connectivity index (χ4v) is 4.93. The Balaban J connectivity index is 1.81. The van der Waals surface area contributed by atoms with Crippen LogP contribution >= 0.6 is 33.8 Å². The summed E-state index contributed by atoms with van der Waals surface area (Å²) in [7, 11) is -0.218. The normalized spacial score (nSPS) is 20.7. The van der Waals surface area contributed by atoms with Crippen LogP contribution in [0.25, 0.3) is 0 Å². The molecule has 100 valence electrons. The molecule has 0 saturated heterocycles. The molecule has 1 aliphatic rings. The zero-order valence-corrected chi connectivity index (χ0v) is 13.2. The summed E-state index contributed by atoms with van der Waals surface area (Å²) in [6, 6.07) is 0. The first-order valence-corrected chi connectivity index (χ1v) is 9.01. The van der Waals surface area contributed by atoms with E-state index in [1.807, 2.05) is 6.08 Å². The molecule has 2 nitrogen and oxygen atoms in total. The van der Waals surface area contributed by atoms with Gasteiger partial charge in [0.1, 0.15) is 5.01 Å². The van der Waals surface area contributed by atoms with Crippen LogP contribution in [0.1, 0.15) is 24.5 Å². The van der Waals surface area contributed by atoms with Gasteiger partial charge < -0.3 is 5.32 Å². The summed E-state index contributed by atoms with van der Waals surface area (Å²) in [5.74, 6) is 1.71. The van der Waals surface area contributed by atoms with Crippen LogP contribution < -0.4 is 5.32 Å². The quantitative estimate of drug-likeness (QED) is 0.777. The van der Waals surface area contributed by atoms with Crippen LogP contribution in [0, 0.1) is 5.92 Å². The molecule has 0 amide bonds. The first-order chi connectivity index (χ1) is 8.63. The maximum Gasteiger partial charge on any atom is 0.102 e. The van der Waals surface area contributed by atoms with Gasteiger partial charge in [0.05, 0.1) is 5.69 Å². The minimum atomic E-state index is -0.218. The summed E-state index contributed by atoms with van der Waals surface area (Å²) in [4.78, 5) is 4.66. The second-order valence-electron chi connectivity index (χ2n) is 4.76. The smallest absolute Gasteiger partial charge is 0.102 e. The van der Waals surface area contributed by atoms with Crippen LogP contribution in [-0.4, -0.2) is 11.5 Å².